The first-order chi connectivity index (χ1) is 4.61. The van der Waals surface area contributed by atoms with E-state index in [1.807, 2.05) is 0 Å². The highest BCUT2D eigenvalue weighted by atomic mass is 31.0. The summed E-state index contributed by atoms with van der Waals surface area (Å²) in [4.78, 5) is 0. The van der Waals surface area contributed by atoms with Crippen molar-refractivity contribution >= 4 is 18.5 Å². The lowest BCUT2D eigenvalue weighted by atomic mass is 10.1. The Labute approximate surface area is 64.3 Å². The molecule has 0 aromatic carbocycles. The number of hydrogen-bond acceptors (Lipinski definition) is 1. The fourth-order valence-electron chi connectivity index (χ4n) is 0.774. The largest absolute Gasteiger partial charge is 0.397 e. The van der Waals surface area contributed by atoms with Gasteiger partial charge < -0.3 is 5.73 Å². The zero-order chi connectivity index (χ0) is 7.72. The van der Waals surface area contributed by atoms with Crippen LogP contribution < -0.4 is 5.73 Å². The van der Waals surface area contributed by atoms with Gasteiger partial charge in [-0.05, 0) is 6.08 Å². The van der Waals surface area contributed by atoms with Crippen molar-refractivity contribution in [2.75, 3.05) is 0 Å². The number of allylic oxidation sites excluding steroid dienone is 3. The second-order valence-electron chi connectivity index (χ2n) is 2.29. The molecule has 0 saturated heterocycles. The van der Waals surface area contributed by atoms with E-state index in [1.165, 1.54) is 6.08 Å². The molecule has 1 rings (SSSR count). The summed E-state index contributed by atoms with van der Waals surface area (Å²) in [5, 5.41) is 0. The summed E-state index contributed by atoms with van der Waals surface area (Å²) in [5.74, 6) is -0.307. The van der Waals surface area contributed by atoms with Crippen molar-refractivity contribution in [3.63, 3.8) is 0 Å². The van der Waals surface area contributed by atoms with E-state index in [2.05, 4.69) is 18.5 Å². The summed E-state index contributed by atoms with van der Waals surface area (Å²) in [7, 11) is 5.14. The SMILES string of the molecule is NC1=CC(P)C(P)C=C1F. The van der Waals surface area contributed by atoms with Gasteiger partial charge in [-0.1, -0.05) is 6.08 Å². The molecule has 4 atom stereocenters. The first kappa shape index (κ1) is 8.17. The molecular formula is C6H10FNP2. The highest BCUT2D eigenvalue weighted by molar-refractivity contribution is 7.23. The van der Waals surface area contributed by atoms with E-state index < -0.39 is 0 Å². The molecule has 0 aromatic heterocycles. The highest BCUT2D eigenvalue weighted by Crippen LogP contribution is 2.26. The minimum Gasteiger partial charge on any atom is -0.397 e. The van der Waals surface area contributed by atoms with Gasteiger partial charge in [-0.2, -0.15) is 0 Å². The molecule has 2 N–H and O–H groups in total. The fraction of sp³-hybridized carbons (Fsp3) is 0.333. The van der Waals surface area contributed by atoms with E-state index in [9.17, 15) is 4.39 Å². The normalized spacial score (nSPS) is 33.1. The number of hydrogen-bond donors (Lipinski definition) is 1. The predicted octanol–water partition coefficient (Wildman–Crippen LogP) is 1.18. The fourth-order valence-corrected chi connectivity index (χ4v) is 1.37. The molecular weight excluding hydrogens is 167 g/mol. The first-order valence-corrected chi connectivity index (χ1v) is 4.31. The van der Waals surface area contributed by atoms with Crippen molar-refractivity contribution in [1.82, 2.24) is 0 Å². The van der Waals surface area contributed by atoms with Crippen LogP contribution in [-0.2, 0) is 0 Å². The van der Waals surface area contributed by atoms with Crippen LogP contribution in [0.15, 0.2) is 23.7 Å². The number of nitrogens with two attached hydrogens (primary N) is 1. The predicted molar refractivity (Wildman–Crippen MR) is 48.5 cm³/mol. The number of halogens is 1. The average molecular weight is 177 g/mol. The maximum absolute atomic E-state index is 12.6. The molecule has 0 amide bonds. The summed E-state index contributed by atoms with van der Waals surface area (Å²) < 4.78 is 12.6. The quantitative estimate of drug-likeness (QED) is 0.552. The summed E-state index contributed by atoms with van der Waals surface area (Å²) in [6.07, 6.45) is 3.22. The van der Waals surface area contributed by atoms with Gasteiger partial charge in [0.1, 0.15) is 5.83 Å². The second-order valence-corrected chi connectivity index (χ2v) is 3.83. The van der Waals surface area contributed by atoms with E-state index in [0.717, 1.165) is 0 Å². The van der Waals surface area contributed by atoms with Crippen LogP contribution in [0.25, 0.3) is 0 Å². The molecule has 1 nitrogen and oxygen atoms in total. The van der Waals surface area contributed by atoms with Crippen molar-refractivity contribution in [2.45, 2.75) is 11.3 Å². The molecule has 0 saturated carbocycles. The topological polar surface area (TPSA) is 26.0 Å². The van der Waals surface area contributed by atoms with E-state index in [-0.39, 0.29) is 22.8 Å². The van der Waals surface area contributed by atoms with Crippen LogP contribution in [0.1, 0.15) is 0 Å². The third kappa shape index (κ3) is 1.56. The molecule has 10 heavy (non-hydrogen) atoms. The molecule has 0 bridgehead atoms. The monoisotopic (exact) mass is 177 g/mol. The van der Waals surface area contributed by atoms with E-state index in [4.69, 9.17) is 5.73 Å². The molecule has 0 fully saturated rings. The molecule has 0 heterocycles. The molecule has 4 unspecified atom stereocenters. The van der Waals surface area contributed by atoms with Gasteiger partial charge in [0.15, 0.2) is 0 Å². The van der Waals surface area contributed by atoms with E-state index >= 15 is 0 Å². The molecule has 0 spiro atoms. The lowest BCUT2D eigenvalue weighted by Gasteiger charge is -2.17. The second kappa shape index (κ2) is 2.98. The summed E-state index contributed by atoms with van der Waals surface area (Å²) in [5.41, 5.74) is 5.97. The molecule has 0 radical (unpaired) electrons. The van der Waals surface area contributed by atoms with Gasteiger partial charge in [0.2, 0.25) is 0 Å². The van der Waals surface area contributed by atoms with Crippen LogP contribution in [-0.4, -0.2) is 11.3 Å². The molecule has 1 aliphatic carbocycles. The van der Waals surface area contributed by atoms with Gasteiger partial charge in [-0.25, -0.2) is 4.39 Å². The minimum atomic E-state index is -0.307. The highest BCUT2D eigenvalue weighted by Gasteiger charge is 2.16. The summed E-state index contributed by atoms with van der Waals surface area (Å²) >= 11 is 0. The van der Waals surface area contributed by atoms with Gasteiger partial charge in [0.05, 0.1) is 5.70 Å². The molecule has 56 valence electrons. The Bertz CT molecular complexity index is 178. The molecule has 1 aliphatic rings. The standard InChI is InChI=1S/C6H10FNP2/c7-3-1-5(9)6(10)2-4(3)8/h1-2,5-6H,8-10H2. The molecule has 0 aromatic rings. The van der Waals surface area contributed by atoms with Crippen molar-refractivity contribution in [3.05, 3.63) is 23.7 Å². The molecule has 4 heteroatoms. The Morgan fingerprint density at radius 1 is 1.30 bits per heavy atom. The minimum absolute atomic E-state index is 0.150. The van der Waals surface area contributed by atoms with Crippen LogP contribution in [0.3, 0.4) is 0 Å². The Morgan fingerprint density at radius 3 is 2.30 bits per heavy atom. The van der Waals surface area contributed by atoms with Gasteiger partial charge in [-0.3, -0.25) is 0 Å². The van der Waals surface area contributed by atoms with Gasteiger partial charge in [0, 0.05) is 11.3 Å². The number of rotatable bonds is 0. The van der Waals surface area contributed by atoms with Gasteiger partial charge >= 0.3 is 0 Å². The van der Waals surface area contributed by atoms with Crippen molar-refractivity contribution in [2.24, 2.45) is 5.73 Å². The third-order valence-electron chi connectivity index (χ3n) is 1.43. The third-order valence-corrected chi connectivity index (χ3v) is 3.15. The van der Waals surface area contributed by atoms with Crippen LogP contribution in [0.5, 0.6) is 0 Å². The maximum Gasteiger partial charge on any atom is 0.142 e. The van der Waals surface area contributed by atoms with Crippen molar-refractivity contribution < 1.29 is 4.39 Å². The Morgan fingerprint density at radius 2 is 1.80 bits per heavy atom. The Hall–Kier alpha value is 0.0700. The van der Waals surface area contributed by atoms with Crippen LogP contribution in [0.4, 0.5) is 4.39 Å². The van der Waals surface area contributed by atoms with Gasteiger partial charge in [0.25, 0.3) is 0 Å². The van der Waals surface area contributed by atoms with Crippen LogP contribution in [0, 0.1) is 0 Å². The van der Waals surface area contributed by atoms with Crippen LogP contribution in [0.2, 0.25) is 0 Å². The lowest BCUT2D eigenvalue weighted by molar-refractivity contribution is 0.635. The van der Waals surface area contributed by atoms with Crippen molar-refractivity contribution in [3.8, 4) is 0 Å². The lowest BCUT2D eigenvalue weighted by Crippen LogP contribution is -2.17. The average Bonchev–Trinajstić information content (AvgIpc) is 1.84. The summed E-state index contributed by atoms with van der Waals surface area (Å²) in [6, 6.07) is 0. The zero-order valence-electron chi connectivity index (χ0n) is 5.42. The Kier molecular flexibility index (Phi) is 2.44. The van der Waals surface area contributed by atoms with Crippen LogP contribution >= 0.6 is 18.5 Å². The zero-order valence-corrected chi connectivity index (χ0v) is 7.73. The van der Waals surface area contributed by atoms with Crippen molar-refractivity contribution in [1.29, 1.82) is 0 Å². The smallest absolute Gasteiger partial charge is 0.142 e. The summed E-state index contributed by atoms with van der Waals surface area (Å²) in [6.45, 7) is 0. The molecule has 0 aliphatic heterocycles. The van der Waals surface area contributed by atoms with E-state index in [1.54, 1.807) is 6.08 Å². The van der Waals surface area contributed by atoms with E-state index in [0.29, 0.717) is 0 Å². The Balaban J connectivity index is 2.83. The maximum atomic E-state index is 12.6. The first-order valence-electron chi connectivity index (χ1n) is 2.97. The van der Waals surface area contributed by atoms with Gasteiger partial charge in [-0.15, -0.1) is 18.5 Å².